The topological polar surface area (TPSA) is 87.4 Å². The molecule has 0 aromatic heterocycles. The predicted molar refractivity (Wildman–Crippen MR) is 76.0 cm³/mol. The van der Waals surface area contributed by atoms with Crippen LogP contribution in [0.1, 0.15) is 30.1 Å². The summed E-state index contributed by atoms with van der Waals surface area (Å²) in [4.78, 5) is -1.40. The number of nitriles is 1. The van der Waals surface area contributed by atoms with Crippen LogP contribution in [0, 0.1) is 17.2 Å². The Morgan fingerprint density at radius 2 is 1.88 bits per heavy atom. The lowest BCUT2D eigenvalue weighted by Crippen LogP contribution is -2.33. The van der Waals surface area contributed by atoms with E-state index in [0.29, 0.717) is 18.9 Å². The Morgan fingerprint density at radius 1 is 1.27 bits per heavy atom. The van der Waals surface area contributed by atoms with Gasteiger partial charge < -0.3 is 9.84 Å². The van der Waals surface area contributed by atoms with E-state index in [1.807, 2.05) is 6.07 Å². The lowest BCUT2D eigenvalue weighted by molar-refractivity contribution is -0.0979. The Kier molecular flexibility index (Phi) is 4.19. The van der Waals surface area contributed by atoms with Gasteiger partial charge in [0.2, 0.25) is 0 Å². The number of fused-ring (bicyclic) bond motifs is 1. The van der Waals surface area contributed by atoms with Gasteiger partial charge in [-0.1, -0.05) is 0 Å². The van der Waals surface area contributed by atoms with Gasteiger partial charge in [-0.25, -0.2) is 17.2 Å². The number of sulfone groups is 1. The minimum atomic E-state index is -5.93. The first-order valence-electron chi connectivity index (χ1n) is 7.47. The molecule has 1 fully saturated rings. The number of benzene rings is 1. The molecule has 0 aliphatic heterocycles. The molecule has 0 saturated heterocycles. The number of rotatable bonds is 3. The van der Waals surface area contributed by atoms with Gasteiger partial charge in [-0.05, 0) is 12.1 Å². The van der Waals surface area contributed by atoms with Gasteiger partial charge in [0.05, 0.1) is 16.9 Å². The Morgan fingerprint density at radius 3 is 2.42 bits per heavy atom. The summed E-state index contributed by atoms with van der Waals surface area (Å²) < 4.78 is 95.2. The molecule has 142 valence electrons. The van der Waals surface area contributed by atoms with E-state index in [0.717, 1.165) is 6.07 Å². The lowest BCUT2D eigenvalue weighted by Gasteiger charge is -2.31. The maximum absolute atomic E-state index is 13.9. The molecule has 1 aromatic rings. The van der Waals surface area contributed by atoms with Crippen molar-refractivity contribution in [3.8, 4) is 11.8 Å². The van der Waals surface area contributed by atoms with Crippen LogP contribution in [0.2, 0.25) is 0 Å². The third-order valence-electron chi connectivity index (χ3n) is 4.53. The number of hydrogen-bond acceptors (Lipinski definition) is 5. The second-order valence-corrected chi connectivity index (χ2v) is 8.19. The normalized spacial score (nSPS) is 27.3. The van der Waals surface area contributed by atoms with Gasteiger partial charge in [0.1, 0.15) is 18.0 Å². The zero-order valence-electron chi connectivity index (χ0n) is 12.9. The molecule has 5 nitrogen and oxygen atoms in total. The van der Waals surface area contributed by atoms with Crippen molar-refractivity contribution in [2.75, 3.05) is 0 Å². The third-order valence-corrected chi connectivity index (χ3v) is 6.07. The summed E-state index contributed by atoms with van der Waals surface area (Å²) in [5, 5.41) is 18.5. The zero-order chi connectivity index (χ0) is 19.5. The van der Waals surface area contributed by atoms with Crippen LogP contribution in [0.4, 0.5) is 22.0 Å². The highest BCUT2D eigenvalue weighted by molar-refractivity contribution is 7.92. The number of halogens is 5. The molecule has 2 aliphatic carbocycles. The van der Waals surface area contributed by atoms with Crippen molar-refractivity contribution in [2.24, 2.45) is 5.92 Å². The van der Waals surface area contributed by atoms with Crippen LogP contribution in [0.15, 0.2) is 17.0 Å². The Labute approximate surface area is 144 Å². The molecule has 0 amide bonds. The quantitative estimate of drug-likeness (QED) is 0.793. The van der Waals surface area contributed by atoms with Crippen LogP contribution in [-0.4, -0.2) is 31.1 Å². The molecule has 1 aromatic carbocycles. The smallest absolute Gasteiger partial charge is 0.490 e. The van der Waals surface area contributed by atoms with Crippen LogP contribution in [-0.2, 0) is 16.3 Å². The highest BCUT2D eigenvalue weighted by atomic mass is 32.2. The fourth-order valence-corrected chi connectivity index (χ4v) is 4.09. The van der Waals surface area contributed by atoms with E-state index >= 15 is 0 Å². The van der Waals surface area contributed by atoms with Crippen LogP contribution in [0.25, 0.3) is 0 Å². The first-order valence-corrected chi connectivity index (χ1v) is 8.96. The average Bonchev–Trinajstić information content (AvgIpc) is 2.72. The molecular weight excluding hydrogens is 385 g/mol. The Bertz CT molecular complexity index is 885. The summed E-state index contributed by atoms with van der Waals surface area (Å²) in [5.74, 6) is -4.30. The summed E-state index contributed by atoms with van der Waals surface area (Å²) in [7, 11) is -5.93. The van der Waals surface area contributed by atoms with Gasteiger partial charge in [0, 0.05) is 30.4 Å². The van der Waals surface area contributed by atoms with Gasteiger partial charge in [-0.15, -0.1) is 0 Å². The first kappa shape index (κ1) is 18.8. The summed E-state index contributed by atoms with van der Waals surface area (Å²) >= 11 is 0. The molecule has 1 saturated carbocycles. The Balaban J connectivity index is 2.06. The minimum absolute atomic E-state index is 0.210. The van der Waals surface area contributed by atoms with Gasteiger partial charge in [0.15, 0.2) is 0 Å². The van der Waals surface area contributed by atoms with Crippen molar-refractivity contribution in [1.82, 2.24) is 0 Å². The number of alkyl halides is 5. The van der Waals surface area contributed by atoms with E-state index in [9.17, 15) is 35.5 Å². The molecule has 0 unspecified atom stereocenters. The van der Waals surface area contributed by atoms with Gasteiger partial charge >= 0.3 is 5.51 Å². The third kappa shape index (κ3) is 2.81. The molecule has 0 bridgehead atoms. The maximum Gasteiger partial charge on any atom is 0.501 e. The minimum Gasteiger partial charge on any atom is -0.490 e. The molecule has 11 heteroatoms. The summed E-state index contributed by atoms with van der Waals surface area (Å²) in [6, 6.07) is 3.39. The lowest BCUT2D eigenvalue weighted by atomic mass is 9.83. The number of hydrogen-bond donors (Lipinski definition) is 1. The second kappa shape index (κ2) is 5.79. The first-order chi connectivity index (χ1) is 11.9. The van der Waals surface area contributed by atoms with Crippen molar-refractivity contribution in [3.63, 3.8) is 0 Å². The van der Waals surface area contributed by atoms with E-state index in [2.05, 4.69) is 0 Å². The number of aliphatic hydroxyl groups excluding tert-OH is 1. The van der Waals surface area contributed by atoms with E-state index in [4.69, 9.17) is 10.00 Å². The van der Waals surface area contributed by atoms with Crippen molar-refractivity contribution < 1.29 is 40.2 Å². The predicted octanol–water partition coefficient (Wildman–Crippen LogP) is 2.89. The zero-order valence-corrected chi connectivity index (χ0v) is 13.7. The van der Waals surface area contributed by atoms with Gasteiger partial charge in [-0.3, -0.25) is 0 Å². The molecule has 3 rings (SSSR count). The van der Waals surface area contributed by atoms with Crippen molar-refractivity contribution in [2.45, 2.75) is 47.8 Å². The largest absolute Gasteiger partial charge is 0.501 e. The summed E-state index contributed by atoms with van der Waals surface area (Å²) in [5.41, 5.74) is -7.15. The summed E-state index contributed by atoms with van der Waals surface area (Å²) in [6.07, 6.45) is -3.67. The molecule has 2 aliphatic rings. The maximum atomic E-state index is 13.9. The molecule has 0 radical (unpaired) electrons. The van der Waals surface area contributed by atoms with Crippen LogP contribution in [0.3, 0.4) is 0 Å². The van der Waals surface area contributed by atoms with Crippen molar-refractivity contribution >= 4 is 9.84 Å². The van der Waals surface area contributed by atoms with E-state index in [-0.39, 0.29) is 11.7 Å². The van der Waals surface area contributed by atoms with Gasteiger partial charge in [-0.2, -0.15) is 18.4 Å². The highest BCUT2D eigenvalue weighted by Crippen LogP contribution is 2.51. The van der Waals surface area contributed by atoms with Crippen LogP contribution >= 0.6 is 0 Å². The standard InChI is InChI=1S/C15H12F5NO4S/c16-14(17)5-9-10(25-8-3-7(4-8)6-21)1-2-11(12(9)13(14)22)26(23,24)15(18,19)20/h1-2,7-8,13,22H,3-5H2/t7-,8+,13-/m0/s1. The number of aliphatic hydroxyl groups is 1. The second-order valence-electron chi connectivity index (χ2n) is 6.28. The van der Waals surface area contributed by atoms with Crippen molar-refractivity contribution in [3.05, 3.63) is 23.3 Å². The molecule has 0 heterocycles. The summed E-state index contributed by atoms with van der Waals surface area (Å²) in [6.45, 7) is 0. The van der Waals surface area contributed by atoms with E-state index in [1.54, 1.807) is 0 Å². The fraction of sp³-hybridized carbons (Fsp3) is 0.533. The van der Waals surface area contributed by atoms with E-state index in [1.165, 1.54) is 0 Å². The van der Waals surface area contributed by atoms with E-state index < -0.39 is 55.9 Å². The van der Waals surface area contributed by atoms with Gasteiger partial charge in [0.25, 0.3) is 15.8 Å². The highest BCUT2D eigenvalue weighted by Gasteiger charge is 2.55. The molecule has 26 heavy (non-hydrogen) atoms. The molecule has 0 spiro atoms. The SMILES string of the molecule is N#C[C@H]1C[C@@H](Oc2ccc(S(=O)(=O)C(F)(F)F)c3c2CC(F)(F)[C@H]3O)C1. The molecular formula is C15H12F5NO4S. The van der Waals surface area contributed by atoms with Crippen LogP contribution in [0.5, 0.6) is 5.75 Å². The fourth-order valence-electron chi connectivity index (χ4n) is 3.07. The monoisotopic (exact) mass is 397 g/mol. The molecule has 1 N–H and O–H groups in total. The number of nitrogens with zero attached hydrogens (tertiary/aromatic N) is 1. The average molecular weight is 397 g/mol. The number of ether oxygens (including phenoxy) is 1. The Hall–Kier alpha value is -1.93. The van der Waals surface area contributed by atoms with Crippen molar-refractivity contribution in [1.29, 1.82) is 5.26 Å². The van der Waals surface area contributed by atoms with Crippen LogP contribution < -0.4 is 4.74 Å². The molecule has 1 atom stereocenters.